The van der Waals surface area contributed by atoms with Gasteiger partial charge < -0.3 is 5.32 Å². The lowest BCUT2D eigenvalue weighted by Gasteiger charge is -2.11. The number of carbonyl (C=O) groups is 2. The third kappa shape index (κ3) is 5.45. The average Bonchev–Trinajstić information content (AvgIpc) is 2.63. The van der Waals surface area contributed by atoms with E-state index in [0.29, 0.717) is 21.3 Å². The first-order chi connectivity index (χ1) is 12.8. The summed E-state index contributed by atoms with van der Waals surface area (Å²) in [5, 5.41) is 17.4. The number of halogens is 1. The quantitative estimate of drug-likeness (QED) is 0.315. The van der Waals surface area contributed by atoms with Crippen LogP contribution >= 0.6 is 15.9 Å². The van der Waals surface area contributed by atoms with Crippen molar-refractivity contribution >= 4 is 45.3 Å². The number of anilines is 1. The minimum atomic E-state index is -0.985. The van der Waals surface area contributed by atoms with Gasteiger partial charge in [-0.3, -0.25) is 19.7 Å². The van der Waals surface area contributed by atoms with Crippen LogP contribution in [-0.4, -0.2) is 23.0 Å². The number of aryl methyl sites for hydroxylation is 1. The van der Waals surface area contributed by atoms with E-state index in [4.69, 9.17) is 0 Å². The van der Waals surface area contributed by atoms with Gasteiger partial charge in [0.2, 0.25) is 5.91 Å². The summed E-state index contributed by atoms with van der Waals surface area (Å²) >= 11 is 3.31. The van der Waals surface area contributed by atoms with Crippen molar-refractivity contribution in [3.63, 3.8) is 0 Å². The molecule has 140 valence electrons. The minimum absolute atomic E-state index is 0.0357. The van der Waals surface area contributed by atoms with E-state index in [1.807, 2.05) is 0 Å². The zero-order valence-electron chi connectivity index (χ0n) is 14.6. The Kier molecular flexibility index (Phi) is 6.78. The minimum Gasteiger partial charge on any atom is -0.324 e. The Bertz CT molecular complexity index is 914. The lowest BCUT2D eigenvalue weighted by Crippen LogP contribution is -2.34. The van der Waals surface area contributed by atoms with Crippen molar-refractivity contribution < 1.29 is 14.5 Å². The largest absolute Gasteiger partial charge is 0.324 e. The number of rotatable bonds is 6. The van der Waals surface area contributed by atoms with Gasteiger partial charge in [0.05, 0.1) is 16.8 Å². The van der Waals surface area contributed by atoms with Crippen LogP contribution in [0.3, 0.4) is 0 Å². The van der Waals surface area contributed by atoms with Crippen molar-refractivity contribution in [3.8, 4) is 0 Å². The van der Waals surface area contributed by atoms with Gasteiger partial charge in [-0.05, 0) is 41.9 Å². The molecule has 0 bridgehead atoms. The van der Waals surface area contributed by atoms with Gasteiger partial charge in [0, 0.05) is 21.7 Å². The Morgan fingerprint density at radius 2 is 1.93 bits per heavy atom. The summed E-state index contributed by atoms with van der Waals surface area (Å²) in [6, 6.07) is 11.6. The predicted octanol–water partition coefficient (Wildman–Crippen LogP) is 3.39. The van der Waals surface area contributed by atoms with Crippen molar-refractivity contribution in [2.75, 3.05) is 5.32 Å². The Hall–Kier alpha value is -3.07. The molecule has 2 rings (SSSR count). The average molecular weight is 433 g/mol. The maximum Gasteiger partial charge on any atom is 0.272 e. The van der Waals surface area contributed by atoms with Crippen LogP contribution < -0.4 is 10.7 Å². The summed E-state index contributed by atoms with van der Waals surface area (Å²) < 4.78 is 0.699. The summed E-state index contributed by atoms with van der Waals surface area (Å²) in [4.78, 5) is 34.7. The van der Waals surface area contributed by atoms with Gasteiger partial charge >= 0.3 is 0 Å². The molecule has 0 saturated heterocycles. The fraction of sp³-hybridized carbons (Fsp3) is 0.167. The van der Waals surface area contributed by atoms with Crippen LogP contribution in [-0.2, 0) is 9.59 Å². The third-order valence-corrected chi connectivity index (χ3v) is 4.43. The molecule has 8 nitrogen and oxygen atoms in total. The lowest BCUT2D eigenvalue weighted by molar-refractivity contribution is -0.385. The number of hydrogen-bond acceptors (Lipinski definition) is 5. The Labute approximate surface area is 163 Å². The molecule has 2 amide bonds. The Morgan fingerprint density at radius 3 is 2.59 bits per heavy atom. The van der Waals surface area contributed by atoms with Crippen molar-refractivity contribution in [2.45, 2.75) is 13.8 Å². The van der Waals surface area contributed by atoms with Gasteiger partial charge in [-0.2, -0.15) is 5.10 Å². The highest BCUT2D eigenvalue weighted by Gasteiger charge is 2.21. The molecule has 0 aliphatic heterocycles. The van der Waals surface area contributed by atoms with E-state index in [1.165, 1.54) is 19.2 Å². The Balaban J connectivity index is 1.97. The molecule has 1 atom stereocenters. The molecule has 0 heterocycles. The van der Waals surface area contributed by atoms with Gasteiger partial charge in [-0.25, -0.2) is 5.43 Å². The highest BCUT2D eigenvalue weighted by molar-refractivity contribution is 9.10. The number of hydrogen-bond donors (Lipinski definition) is 2. The Morgan fingerprint density at radius 1 is 1.22 bits per heavy atom. The molecule has 0 saturated carbocycles. The van der Waals surface area contributed by atoms with Crippen molar-refractivity contribution in [1.82, 2.24) is 5.43 Å². The van der Waals surface area contributed by atoms with Crippen LogP contribution in [0.25, 0.3) is 0 Å². The molecule has 2 aromatic carbocycles. The second-order valence-electron chi connectivity index (χ2n) is 5.73. The first kappa shape index (κ1) is 20.2. The second kappa shape index (κ2) is 9.04. The number of hydrazone groups is 1. The van der Waals surface area contributed by atoms with Crippen LogP contribution in [0.4, 0.5) is 11.4 Å². The number of nitro groups is 1. The highest BCUT2D eigenvalue weighted by Crippen LogP contribution is 2.22. The molecule has 9 heteroatoms. The predicted molar refractivity (Wildman–Crippen MR) is 106 cm³/mol. The summed E-state index contributed by atoms with van der Waals surface area (Å²) in [5.74, 6) is -2.07. The summed E-state index contributed by atoms with van der Waals surface area (Å²) in [7, 11) is 0. The van der Waals surface area contributed by atoms with Crippen molar-refractivity contribution in [2.24, 2.45) is 11.0 Å². The number of benzene rings is 2. The maximum absolute atomic E-state index is 12.2. The standard InChI is InChI=1S/C18H17BrN4O4/c1-11-7-8-13(9-16(11)23(26)27)10-20-22-18(25)12(2)17(24)21-15-6-4-3-5-14(15)19/h3-10,12H,1-2H3,(H,21,24)(H,22,25). The van der Waals surface area contributed by atoms with Crippen LogP contribution in [0.15, 0.2) is 52.0 Å². The number of nitrogens with one attached hydrogen (secondary N) is 2. The number of amides is 2. The van der Waals surface area contributed by atoms with Crippen LogP contribution in [0.1, 0.15) is 18.1 Å². The van der Waals surface area contributed by atoms with Gasteiger partial charge in [-0.1, -0.05) is 24.3 Å². The maximum atomic E-state index is 12.2. The smallest absolute Gasteiger partial charge is 0.272 e. The molecule has 0 aromatic heterocycles. The molecule has 0 spiro atoms. The number of nitrogens with zero attached hydrogens (tertiary/aromatic N) is 2. The van der Waals surface area contributed by atoms with Crippen molar-refractivity contribution in [3.05, 3.63) is 68.2 Å². The zero-order valence-corrected chi connectivity index (χ0v) is 16.2. The van der Waals surface area contributed by atoms with Gasteiger partial charge in [0.1, 0.15) is 5.92 Å². The monoisotopic (exact) mass is 432 g/mol. The van der Waals surface area contributed by atoms with Gasteiger partial charge in [0.25, 0.3) is 11.6 Å². The van der Waals surface area contributed by atoms with E-state index >= 15 is 0 Å². The van der Waals surface area contributed by atoms with E-state index in [0.717, 1.165) is 0 Å². The molecular weight excluding hydrogens is 416 g/mol. The van der Waals surface area contributed by atoms with E-state index in [-0.39, 0.29) is 5.69 Å². The molecule has 27 heavy (non-hydrogen) atoms. The number of nitro benzene ring substituents is 1. The highest BCUT2D eigenvalue weighted by atomic mass is 79.9. The topological polar surface area (TPSA) is 114 Å². The molecule has 0 radical (unpaired) electrons. The molecule has 0 aliphatic carbocycles. The zero-order chi connectivity index (χ0) is 20.0. The van der Waals surface area contributed by atoms with Gasteiger partial charge in [0.15, 0.2) is 0 Å². The van der Waals surface area contributed by atoms with Crippen molar-refractivity contribution in [1.29, 1.82) is 0 Å². The van der Waals surface area contributed by atoms with E-state index in [1.54, 1.807) is 43.3 Å². The second-order valence-corrected chi connectivity index (χ2v) is 6.58. The molecular formula is C18H17BrN4O4. The molecule has 0 fully saturated rings. The normalized spacial score (nSPS) is 11.8. The van der Waals surface area contributed by atoms with E-state index in [2.05, 4.69) is 31.8 Å². The SMILES string of the molecule is Cc1ccc(C=NNC(=O)C(C)C(=O)Nc2ccccc2Br)cc1[N+](=O)[O-]. The van der Waals surface area contributed by atoms with Gasteiger partial charge in [-0.15, -0.1) is 0 Å². The first-order valence-electron chi connectivity index (χ1n) is 7.93. The van der Waals surface area contributed by atoms with Crippen LogP contribution in [0.2, 0.25) is 0 Å². The fourth-order valence-corrected chi connectivity index (χ4v) is 2.48. The van der Waals surface area contributed by atoms with E-state index in [9.17, 15) is 19.7 Å². The van der Waals surface area contributed by atoms with E-state index < -0.39 is 22.7 Å². The summed E-state index contributed by atoms with van der Waals surface area (Å²) in [5.41, 5.74) is 3.76. The molecule has 2 aromatic rings. The van der Waals surface area contributed by atoms with Crippen LogP contribution in [0, 0.1) is 23.0 Å². The fourth-order valence-electron chi connectivity index (χ4n) is 2.09. The molecule has 1 unspecified atom stereocenters. The molecule has 2 N–H and O–H groups in total. The van der Waals surface area contributed by atoms with Crippen LogP contribution in [0.5, 0.6) is 0 Å². The lowest BCUT2D eigenvalue weighted by atomic mass is 10.1. The molecule has 0 aliphatic rings. The number of para-hydroxylation sites is 1. The summed E-state index contributed by atoms with van der Waals surface area (Å²) in [6.45, 7) is 3.08. The first-order valence-corrected chi connectivity index (χ1v) is 8.72. The summed E-state index contributed by atoms with van der Waals surface area (Å²) in [6.07, 6.45) is 1.28. The number of carbonyl (C=O) groups excluding carboxylic acids is 2. The third-order valence-electron chi connectivity index (χ3n) is 3.74.